The molecule has 104 valence electrons. The summed E-state index contributed by atoms with van der Waals surface area (Å²) in [5.41, 5.74) is 1.42. The Balaban J connectivity index is 2.13. The molecule has 2 rings (SSSR count). The Labute approximate surface area is 118 Å². The average Bonchev–Trinajstić information content (AvgIpc) is 2.57. The van der Waals surface area contributed by atoms with E-state index in [1.165, 1.54) is 0 Å². The van der Waals surface area contributed by atoms with Crippen LogP contribution in [0.2, 0.25) is 5.15 Å². The van der Waals surface area contributed by atoms with Gasteiger partial charge in [0.05, 0.1) is 29.5 Å². The van der Waals surface area contributed by atoms with Crippen LogP contribution in [-0.4, -0.2) is 23.1 Å². The molecule has 1 amide bonds. The standard InChI is InChI=1S/C14H19ClN2O2/c1-7-9(3)19-10(4)13(7)14(18)17-11-5-6-12(15)16-8(11)2/h5-7,9-10,13H,1-4H3,(H,17,18). The van der Waals surface area contributed by atoms with Crippen LogP contribution in [-0.2, 0) is 9.53 Å². The number of nitrogens with one attached hydrogen (secondary N) is 1. The van der Waals surface area contributed by atoms with Gasteiger partial charge in [-0.1, -0.05) is 18.5 Å². The molecule has 1 aliphatic rings. The van der Waals surface area contributed by atoms with E-state index in [0.717, 1.165) is 0 Å². The first-order chi connectivity index (χ1) is 8.90. The molecular formula is C14H19ClN2O2. The Morgan fingerprint density at radius 1 is 1.32 bits per heavy atom. The molecule has 5 heteroatoms. The minimum Gasteiger partial charge on any atom is -0.374 e. The molecule has 1 fully saturated rings. The molecule has 4 atom stereocenters. The maximum absolute atomic E-state index is 12.4. The van der Waals surface area contributed by atoms with Gasteiger partial charge in [-0.15, -0.1) is 0 Å². The number of rotatable bonds is 2. The highest BCUT2D eigenvalue weighted by atomic mass is 35.5. The summed E-state index contributed by atoms with van der Waals surface area (Å²) in [5.74, 6) is 0.0530. The van der Waals surface area contributed by atoms with Gasteiger partial charge in [-0.3, -0.25) is 4.79 Å². The van der Waals surface area contributed by atoms with Crippen LogP contribution in [0.4, 0.5) is 5.69 Å². The summed E-state index contributed by atoms with van der Waals surface area (Å²) in [6.07, 6.45) is 0.0424. The lowest BCUT2D eigenvalue weighted by molar-refractivity contribution is -0.121. The van der Waals surface area contributed by atoms with Crippen molar-refractivity contribution in [1.29, 1.82) is 0 Å². The van der Waals surface area contributed by atoms with Crippen molar-refractivity contribution in [2.24, 2.45) is 11.8 Å². The molecule has 0 spiro atoms. The molecule has 0 aliphatic carbocycles. The number of anilines is 1. The van der Waals surface area contributed by atoms with E-state index in [1.807, 2.05) is 27.7 Å². The minimum atomic E-state index is -0.134. The fraction of sp³-hybridized carbons (Fsp3) is 0.571. The zero-order valence-electron chi connectivity index (χ0n) is 11.6. The van der Waals surface area contributed by atoms with Crippen molar-refractivity contribution in [3.8, 4) is 0 Å². The van der Waals surface area contributed by atoms with Gasteiger partial charge in [0, 0.05) is 0 Å². The summed E-state index contributed by atoms with van der Waals surface area (Å²) in [6.45, 7) is 7.81. The number of aromatic nitrogens is 1. The third-order valence-electron chi connectivity index (χ3n) is 3.85. The summed E-state index contributed by atoms with van der Waals surface area (Å²) in [7, 11) is 0. The van der Waals surface area contributed by atoms with Gasteiger partial charge in [-0.25, -0.2) is 4.98 Å². The average molecular weight is 283 g/mol. The van der Waals surface area contributed by atoms with E-state index in [0.29, 0.717) is 16.5 Å². The van der Waals surface area contributed by atoms with E-state index >= 15 is 0 Å². The zero-order valence-corrected chi connectivity index (χ0v) is 12.4. The lowest BCUT2D eigenvalue weighted by atomic mass is 9.89. The van der Waals surface area contributed by atoms with Crippen LogP contribution in [0.3, 0.4) is 0 Å². The van der Waals surface area contributed by atoms with E-state index in [-0.39, 0.29) is 30.0 Å². The van der Waals surface area contributed by atoms with Crippen LogP contribution >= 0.6 is 11.6 Å². The van der Waals surface area contributed by atoms with E-state index in [2.05, 4.69) is 10.3 Å². The monoisotopic (exact) mass is 282 g/mol. The van der Waals surface area contributed by atoms with Crippen molar-refractivity contribution >= 4 is 23.2 Å². The predicted molar refractivity (Wildman–Crippen MR) is 75.3 cm³/mol. The molecule has 0 bridgehead atoms. The van der Waals surface area contributed by atoms with Gasteiger partial charge < -0.3 is 10.1 Å². The SMILES string of the molecule is Cc1nc(Cl)ccc1NC(=O)C1C(C)OC(C)C1C. The van der Waals surface area contributed by atoms with Crippen LogP contribution in [0.1, 0.15) is 26.5 Å². The van der Waals surface area contributed by atoms with Gasteiger partial charge in [0.2, 0.25) is 5.91 Å². The highest BCUT2D eigenvalue weighted by Gasteiger charge is 2.41. The van der Waals surface area contributed by atoms with Crippen LogP contribution in [0.25, 0.3) is 0 Å². The van der Waals surface area contributed by atoms with Crippen LogP contribution < -0.4 is 5.32 Å². The smallest absolute Gasteiger partial charge is 0.230 e. The summed E-state index contributed by atoms with van der Waals surface area (Å²) in [4.78, 5) is 16.5. The summed E-state index contributed by atoms with van der Waals surface area (Å²) >= 11 is 5.80. The fourth-order valence-electron chi connectivity index (χ4n) is 2.60. The van der Waals surface area contributed by atoms with E-state index in [1.54, 1.807) is 12.1 Å². The van der Waals surface area contributed by atoms with Gasteiger partial charge in [0.1, 0.15) is 5.15 Å². The first-order valence-corrected chi connectivity index (χ1v) is 6.87. The van der Waals surface area contributed by atoms with Gasteiger partial charge in [0.15, 0.2) is 0 Å². The lowest BCUT2D eigenvalue weighted by Crippen LogP contribution is -2.32. The van der Waals surface area contributed by atoms with Gasteiger partial charge in [-0.2, -0.15) is 0 Å². The molecule has 0 radical (unpaired) electrons. The summed E-state index contributed by atoms with van der Waals surface area (Å²) < 4.78 is 5.70. The first kappa shape index (κ1) is 14.3. The van der Waals surface area contributed by atoms with Gasteiger partial charge in [0.25, 0.3) is 0 Å². The molecule has 1 aromatic rings. The van der Waals surface area contributed by atoms with Crippen molar-refractivity contribution in [2.75, 3.05) is 5.32 Å². The highest BCUT2D eigenvalue weighted by Crippen LogP contribution is 2.33. The summed E-state index contributed by atoms with van der Waals surface area (Å²) in [6, 6.07) is 3.45. The number of nitrogens with zero attached hydrogens (tertiary/aromatic N) is 1. The Kier molecular flexibility index (Phi) is 4.11. The lowest BCUT2D eigenvalue weighted by Gasteiger charge is -2.18. The molecule has 1 aromatic heterocycles. The Bertz CT molecular complexity index is 492. The second-order valence-corrected chi connectivity index (χ2v) is 5.57. The number of amides is 1. The number of hydrogen-bond donors (Lipinski definition) is 1. The van der Waals surface area contributed by atoms with Crippen LogP contribution in [0.15, 0.2) is 12.1 Å². The first-order valence-electron chi connectivity index (χ1n) is 6.49. The summed E-state index contributed by atoms with van der Waals surface area (Å²) in [5, 5.41) is 3.35. The maximum atomic E-state index is 12.4. The third kappa shape index (κ3) is 2.90. The number of ether oxygens (including phenoxy) is 1. The molecule has 0 saturated carbocycles. The maximum Gasteiger partial charge on any atom is 0.230 e. The molecule has 19 heavy (non-hydrogen) atoms. The molecule has 2 heterocycles. The molecule has 1 saturated heterocycles. The molecule has 1 aliphatic heterocycles. The third-order valence-corrected chi connectivity index (χ3v) is 4.06. The van der Waals surface area contributed by atoms with Crippen molar-refractivity contribution in [2.45, 2.75) is 39.9 Å². The predicted octanol–water partition coefficient (Wildman–Crippen LogP) is 3.04. The van der Waals surface area contributed by atoms with Crippen molar-refractivity contribution in [1.82, 2.24) is 4.98 Å². The second-order valence-electron chi connectivity index (χ2n) is 5.19. The normalized spacial score (nSPS) is 30.4. The highest BCUT2D eigenvalue weighted by molar-refractivity contribution is 6.29. The number of pyridine rings is 1. The van der Waals surface area contributed by atoms with E-state index < -0.39 is 0 Å². The van der Waals surface area contributed by atoms with Gasteiger partial charge in [-0.05, 0) is 38.8 Å². The fourth-order valence-corrected chi connectivity index (χ4v) is 2.79. The van der Waals surface area contributed by atoms with Crippen molar-refractivity contribution in [3.05, 3.63) is 23.0 Å². The number of hydrogen-bond acceptors (Lipinski definition) is 3. The molecule has 4 unspecified atom stereocenters. The van der Waals surface area contributed by atoms with Crippen molar-refractivity contribution < 1.29 is 9.53 Å². The second kappa shape index (κ2) is 5.47. The van der Waals surface area contributed by atoms with Crippen LogP contribution in [0, 0.1) is 18.8 Å². The molecule has 1 N–H and O–H groups in total. The van der Waals surface area contributed by atoms with Gasteiger partial charge >= 0.3 is 0 Å². The quantitative estimate of drug-likeness (QED) is 0.848. The molecular weight excluding hydrogens is 264 g/mol. The van der Waals surface area contributed by atoms with Crippen molar-refractivity contribution in [3.63, 3.8) is 0 Å². The Morgan fingerprint density at radius 2 is 2.00 bits per heavy atom. The Morgan fingerprint density at radius 3 is 2.53 bits per heavy atom. The molecule has 4 nitrogen and oxygen atoms in total. The number of halogens is 1. The Hall–Kier alpha value is -1.13. The zero-order chi connectivity index (χ0) is 14.2. The minimum absolute atomic E-state index is 0.0171. The largest absolute Gasteiger partial charge is 0.374 e. The molecule has 0 aromatic carbocycles. The topological polar surface area (TPSA) is 51.2 Å². The number of carbonyl (C=O) groups is 1. The van der Waals surface area contributed by atoms with E-state index in [9.17, 15) is 4.79 Å². The number of aryl methyl sites for hydroxylation is 1. The number of carbonyl (C=O) groups excluding carboxylic acids is 1. The van der Waals surface area contributed by atoms with Crippen LogP contribution in [0.5, 0.6) is 0 Å². The van der Waals surface area contributed by atoms with E-state index in [4.69, 9.17) is 16.3 Å².